The summed E-state index contributed by atoms with van der Waals surface area (Å²) in [6.45, 7) is 0.219. The number of ether oxygens (including phenoxy) is 1. The van der Waals surface area contributed by atoms with E-state index in [1.54, 1.807) is 0 Å². The zero-order valence-corrected chi connectivity index (χ0v) is 14.8. The molecule has 9 nitrogen and oxygen atoms in total. The number of hydrogen-bond donors (Lipinski definition) is 2. The van der Waals surface area contributed by atoms with Gasteiger partial charge in [-0.2, -0.15) is 8.42 Å². The van der Waals surface area contributed by atoms with Crippen molar-refractivity contribution in [1.29, 1.82) is 0 Å². The molecule has 138 valence electrons. The minimum absolute atomic E-state index is 0.0265. The van der Waals surface area contributed by atoms with Gasteiger partial charge in [-0.05, 0) is 11.5 Å². The fourth-order valence-corrected chi connectivity index (χ4v) is 3.56. The van der Waals surface area contributed by atoms with Gasteiger partial charge in [-0.25, -0.2) is 15.0 Å². The van der Waals surface area contributed by atoms with Crippen molar-refractivity contribution >= 4 is 37.9 Å². The summed E-state index contributed by atoms with van der Waals surface area (Å²) in [6, 6.07) is 13.4. The molecule has 0 amide bonds. The van der Waals surface area contributed by atoms with Gasteiger partial charge in [0, 0.05) is 5.39 Å². The molecule has 0 saturated carbocycles. The molecule has 0 atom stereocenters. The summed E-state index contributed by atoms with van der Waals surface area (Å²) in [6.07, 6.45) is 1.20. The Balaban J connectivity index is 1.67. The summed E-state index contributed by atoms with van der Waals surface area (Å²) < 4.78 is 39.9. The van der Waals surface area contributed by atoms with Crippen LogP contribution in [0.15, 0.2) is 53.9 Å². The van der Waals surface area contributed by atoms with Crippen molar-refractivity contribution < 1.29 is 17.7 Å². The number of benzene rings is 2. The number of imidazole rings is 1. The first-order valence-corrected chi connectivity index (χ1v) is 9.44. The van der Waals surface area contributed by atoms with Crippen molar-refractivity contribution in [2.75, 3.05) is 12.3 Å². The van der Waals surface area contributed by atoms with Crippen molar-refractivity contribution in [1.82, 2.24) is 19.5 Å². The van der Waals surface area contributed by atoms with E-state index in [-0.39, 0.29) is 30.1 Å². The molecule has 0 fully saturated rings. The SMILES string of the molecule is Nc1ncnc2c1nc(S(=O)(=O)O)n2CCOc1cccc2ccccc12. The van der Waals surface area contributed by atoms with E-state index in [1.807, 2.05) is 42.5 Å². The molecule has 0 aliphatic rings. The number of aromatic nitrogens is 4. The molecule has 10 heteroatoms. The standard InChI is InChI=1S/C17H15N5O4S/c18-15-14-16(20-10-19-15)22(17(21-14)27(23,24)25)8-9-26-13-7-3-5-11-4-1-2-6-12(11)13/h1-7,10H,8-9H2,(H2,18,19,20)(H,23,24,25). The Morgan fingerprint density at radius 3 is 2.70 bits per heavy atom. The molecule has 0 spiro atoms. The lowest BCUT2D eigenvalue weighted by Gasteiger charge is -2.11. The van der Waals surface area contributed by atoms with Crippen LogP contribution in [-0.4, -0.2) is 39.1 Å². The number of fused-ring (bicyclic) bond motifs is 2. The summed E-state index contributed by atoms with van der Waals surface area (Å²) in [7, 11) is -4.57. The summed E-state index contributed by atoms with van der Waals surface area (Å²) in [4.78, 5) is 11.7. The second-order valence-corrected chi connectivity index (χ2v) is 7.09. The molecule has 0 saturated heterocycles. The van der Waals surface area contributed by atoms with Crippen LogP contribution in [0, 0.1) is 0 Å². The second-order valence-electron chi connectivity index (χ2n) is 5.78. The third-order valence-electron chi connectivity index (χ3n) is 4.08. The monoisotopic (exact) mass is 385 g/mol. The van der Waals surface area contributed by atoms with Crippen molar-refractivity contribution in [3.05, 3.63) is 48.8 Å². The third-order valence-corrected chi connectivity index (χ3v) is 4.85. The first kappa shape index (κ1) is 17.2. The quantitative estimate of drug-likeness (QED) is 0.498. The predicted octanol–water partition coefficient (Wildman–Crippen LogP) is 1.89. The number of nitrogens with zero attached hydrogens (tertiary/aromatic N) is 4. The molecular weight excluding hydrogens is 370 g/mol. The fourth-order valence-electron chi connectivity index (χ4n) is 2.90. The first-order valence-electron chi connectivity index (χ1n) is 8.00. The minimum Gasteiger partial charge on any atom is -0.491 e. The highest BCUT2D eigenvalue weighted by molar-refractivity contribution is 7.85. The van der Waals surface area contributed by atoms with Gasteiger partial charge in [-0.1, -0.05) is 36.4 Å². The van der Waals surface area contributed by atoms with Crippen LogP contribution in [0.1, 0.15) is 0 Å². The van der Waals surface area contributed by atoms with Gasteiger partial charge in [0.15, 0.2) is 17.0 Å². The maximum absolute atomic E-state index is 11.7. The molecule has 0 radical (unpaired) electrons. The molecular formula is C17H15N5O4S. The third kappa shape index (κ3) is 3.15. The van der Waals surface area contributed by atoms with Crippen LogP contribution < -0.4 is 10.5 Å². The minimum atomic E-state index is -4.57. The molecule has 2 aromatic heterocycles. The van der Waals surface area contributed by atoms with Gasteiger partial charge < -0.3 is 10.5 Å². The van der Waals surface area contributed by atoms with E-state index in [2.05, 4.69) is 15.0 Å². The van der Waals surface area contributed by atoms with Gasteiger partial charge in [0.25, 0.3) is 5.16 Å². The van der Waals surface area contributed by atoms with E-state index in [9.17, 15) is 13.0 Å². The van der Waals surface area contributed by atoms with Crippen LogP contribution in [0.2, 0.25) is 0 Å². The van der Waals surface area contributed by atoms with E-state index in [0.717, 1.165) is 10.8 Å². The molecule has 4 aromatic rings. The maximum Gasteiger partial charge on any atom is 0.328 e. The van der Waals surface area contributed by atoms with Gasteiger partial charge in [0.2, 0.25) is 0 Å². The summed E-state index contributed by atoms with van der Waals surface area (Å²) in [5.74, 6) is 0.693. The van der Waals surface area contributed by atoms with E-state index in [0.29, 0.717) is 5.75 Å². The Labute approximate surface area is 154 Å². The number of nitrogen functional groups attached to an aromatic ring is 1. The zero-order valence-electron chi connectivity index (χ0n) is 14.0. The molecule has 27 heavy (non-hydrogen) atoms. The predicted molar refractivity (Wildman–Crippen MR) is 99.0 cm³/mol. The lowest BCUT2D eigenvalue weighted by Crippen LogP contribution is -2.15. The molecule has 0 aliphatic heterocycles. The van der Waals surface area contributed by atoms with Crippen molar-refractivity contribution in [3.63, 3.8) is 0 Å². The number of rotatable bonds is 5. The van der Waals surface area contributed by atoms with E-state index in [4.69, 9.17) is 10.5 Å². The summed E-state index contributed by atoms with van der Waals surface area (Å²) >= 11 is 0. The highest BCUT2D eigenvalue weighted by atomic mass is 32.2. The van der Waals surface area contributed by atoms with Crippen LogP contribution in [0.25, 0.3) is 21.9 Å². The summed E-state index contributed by atoms with van der Waals surface area (Å²) in [5.41, 5.74) is 6.04. The number of anilines is 1. The molecule has 4 rings (SSSR count). The van der Waals surface area contributed by atoms with Gasteiger partial charge in [0.05, 0.1) is 6.54 Å². The van der Waals surface area contributed by atoms with E-state index >= 15 is 0 Å². The Hall–Kier alpha value is -3.24. The van der Waals surface area contributed by atoms with E-state index in [1.165, 1.54) is 10.9 Å². The number of hydrogen-bond acceptors (Lipinski definition) is 7. The smallest absolute Gasteiger partial charge is 0.328 e. The topological polar surface area (TPSA) is 133 Å². The van der Waals surface area contributed by atoms with Gasteiger partial charge in [-0.3, -0.25) is 9.12 Å². The van der Waals surface area contributed by atoms with Crippen LogP contribution in [0.5, 0.6) is 5.75 Å². The van der Waals surface area contributed by atoms with Crippen molar-refractivity contribution in [2.24, 2.45) is 0 Å². The lowest BCUT2D eigenvalue weighted by atomic mass is 10.1. The van der Waals surface area contributed by atoms with Crippen molar-refractivity contribution in [2.45, 2.75) is 11.7 Å². The first-order chi connectivity index (χ1) is 12.9. The average Bonchev–Trinajstić information content (AvgIpc) is 3.03. The maximum atomic E-state index is 11.7. The lowest BCUT2D eigenvalue weighted by molar-refractivity contribution is 0.297. The Morgan fingerprint density at radius 1 is 1.11 bits per heavy atom. The average molecular weight is 385 g/mol. The number of nitrogens with two attached hydrogens (primary N) is 1. The van der Waals surface area contributed by atoms with Crippen molar-refractivity contribution in [3.8, 4) is 5.75 Å². The van der Waals surface area contributed by atoms with Crippen LogP contribution in [-0.2, 0) is 16.7 Å². The molecule has 0 unspecified atom stereocenters. The largest absolute Gasteiger partial charge is 0.491 e. The van der Waals surface area contributed by atoms with Gasteiger partial charge in [-0.15, -0.1) is 0 Å². The normalized spacial score (nSPS) is 11.9. The Morgan fingerprint density at radius 2 is 1.89 bits per heavy atom. The molecule has 2 heterocycles. The Kier molecular flexibility index (Phi) is 4.13. The fraction of sp³-hybridized carbons (Fsp3) is 0.118. The summed E-state index contributed by atoms with van der Waals surface area (Å²) in [5, 5.41) is 1.42. The van der Waals surface area contributed by atoms with Gasteiger partial charge >= 0.3 is 10.1 Å². The molecule has 0 aliphatic carbocycles. The highest BCUT2D eigenvalue weighted by Gasteiger charge is 2.23. The molecule has 3 N–H and O–H groups in total. The van der Waals surface area contributed by atoms with Crippen LogP contribution >= 0.6 is 0 Å². The Bertz CT molecular complexity index is 1250. The molecule has 0 bridgehead atoms. The van der Waals surface area contributed by atoms with Crippen LogP contribution in [0.3, 0.4) is 0 Å². The van der Waals surface area contributed by atoms with E-state index < -0.39 is 15.3 Å². The van der Waals surface area contributed by atoms with Crippen LogP contribution in [0.4, 0.5) is 5.82 Å². The van der Waals surface area contributed by atoms with Gasteiger partial charge in [0.1, 0.15) is 18.7 Å². The molecule has 2 aromatic carbocycles. The highest BCUT2D eigenvalue weighted by Crippen LogP contribution is 2.26. The second kappa shape index (κ2) is 6.49. The zero-order chi connectivity index (χ0) is 19.0.